The molecule has 26 heavy (non-hydrogen) atoms. The Morgan fingerprint density at radius 3 is 2.69 bits per heavy atom. The van der Waals surface area contributed by atoms with Crippen LogP contribution in [0.3, 0.4) is 0 Å². The first-order valence-electron chi connectivity index (χ1n) is 9.59. The summed E-state index contributed by atoms with van der Waals surface area (Å²) in [5.74, 6) is 1.07. The molecule has 2 amide bonds. The summed E-state index contributed by atoms with van der Waals surface area (Å²) < 4.78 is 6.17. The van der Waals surface area contributed by atoms with Crippen LogP contribution in [0.2, 0.25) is 0 Å². The van der Waals surface area contributed by atoms with Crippen molar-refractivity contribution in [3.8, 4) is 5.75 Å². The monoisotopic (exact) mass is 356 g/mol. The number of hydrogen-bond acceptors (Lipinski definition) is 3. The number of benzene rings is 1. The second-order valence-corrected chi connectivity index (χ2v) is 7.02. The molecule has 0 aliphatic carbocycles. The Balaban J connectivity index is 1.62. The average molecular weight is 356 g/mol. The van der Waals surface area contributed by atoms with E-state index in [0.29, 0.717) is 19.5 Å². The lowest BCUT2D eigenvalue weighted by Gasteiger charge is -2.32. The van der Waals surface area contributed by atoms with Gasteiger partial charge < -0.3 is 14.5 Å². The third-order valence-electron chi connectivity index (χ3n) is 5.35. The van der Waals surface area contributed by atoms with Crippen molar-refractivity contribution >= 4 is 11.8 Å². The molecule has 1 atom stereocenters. The maximum atomic E-state index is 12.2. The van der Waals surface area contributed by atoms with Gasteiger partial charge in [-0.3, -0.25) is 9.59 Å². The Kier molecular flexibility index (Phi) is 5.96. The molecule has 0 bridgehead atoms. The van der Waals surface area contributed by atoms with Crippen molar-refractivity contribution in [1.29, 1.82) is 0 Å². The zero-order valence-electron chi connectivity index (χ0n) is 15.5. The third kappa shape index (κ3) is 4.09. The van der Waals surface area contributed by atoms with Crippen LogP contribution >= 0.6 is 0 Å². The lowest BCUT2D eigenvalue weighted by molar-refractivity contribution is -0.131. The Bertz CT molecular complexity index is 665. The zero-order chi connectivity index (χ0) is 18.5. The molecule has 0 N–H and O–H groups in total. The number of piperidine rings is 1. The summed E-state index contributed by atoms with van der Waals surface area (Å²) in [4.78, 5) is 27.6. The fourth-order valence-electron chi connectivity index (χ4n) is 3.93. The molecule has 1 unspecified atom stereocenters. The van der Waals surface area contributed by atoms with Crippen molar-refractivity contribution in [2.75, 3.05) is 19.6 Å². The molecule has 5 nitrogen and oxygen atoms in total. The molecule has 0 saturated carbocycles. The Hall–Kier alpha value is -2.30. The van der Waals surface area contributed by atoms with E-state index in [9.17, 15) is 9.59 Å². The maximum Gasteiger partial charge on any atom is 0.245 e. The standard InChI is InChI=1S/C21H28N2O3/c1-3-20(24)22-13-10-17(11-14-22)26-18-8-5-7-16(15-18)19-9-6-12-23(19)21(25)4-2/h3,5,7-8,15,17,19H,1,4,6,9-14H2,2H3. The van der Waals surface area contributed by atoms with Crippen molar-refractivity contribution in [1.82, 2.24) is 9.80 Å². The highest BCUT2D eigenvalue weighted by molar-refractivity contribution is 5.87. The fourth-order valence-corrected chi connectivity index (χ4v) is 3.93. The van der Waals surface area contributed by atoms with Gasteiger partial charge in [-0.15, -0.1) is 0 Å². The number of ether oxygens (including phenoxy) is 1. The summed E-state index contributed by atoms with van der Waals surface area (Å²) in [6, 6.07) is 8.31. The minimum Gasteiger partial charge on any atom is -0.490 e. The second-order valence-electron chi connectivity index (χ2n) is 7.02. The first-order chi connectivity index (χ1) is 12.6. The molecule has 2 heterocycles. The molecular weight excluding hydrogens is 328 g/mol. The van der Waals surface area contributed by atoms with Gasteiger partial charge in [-0.05, 0) is 36.6 Å². The third-order valence-corrected chi connectivity index (χ3v) is 5.35. The molecule has 3 rings (SSSR count). The minimum absolute atomic E-state index is 0.00707. The molecule has 1 aromatic rings. The van der Waals surface area contributed by atoms with Gasteiger partial charge in [-0.25, -0.2) is 0 Å². The number of rotatable bonds is 5. The number of hydrogen-bond donors (Lipinski definition) is 0. The molecule has 5 heteroatoms. The number of carbonyl (C=O) groups is 2. The van der Waals surface area contributed by atoms with E-state index in [-0.39, 0.29) is 24.0 Å². The van der Waals surface area contributed by atoms with Gasteiger partial charge in [0.05, 0.1) is 6.04 Å². The highest BCUT2D eigenvalue weighted by atomic mass is 16.5. The molecule has 140 valence electrons. The van der Waals surface area contributed by atoms with E-state index in [1.54, 1.807) is 0 Å². The van der Waals surface area contributed by atoms with Gasteiger partial charge >= 0.3 is 0 Å². The quantitative estimate of drug-likeness (QED) is 0.761. The Morgan fingerprint density at radius 2 is 2.00 bits per heavy atom. The Morgan fingerprint density at radius 1 is 1.23 bits per heavy atom. The van der Waals surface area contributed by atoms with Crippen molar-refractivity contribution in [2.24, 2.45) is 0 Å². The first kappa shape index (κ1) is 18.5. The summed E-state index contributed by atoms with van der Waals surface area (Å²) in [6.07, 6.45) is 5.76. The van der Waals surface area contributed by atoms with Crippen LogP contribution in [0.5, 0.6) is 5.75 Å². The van der Waals surface area contributed by atoms with E-state index >= 15 is 0 Å². The van der Waals surface area contributed by atoms with Crippen LogP contribution in [0.25, 0.3) is 0 Å². The largest absolute Gasteiger partial charge is 0.490 e. The lowest BCUT2D eigenvalue weighted by atomic mass is 10.0. The van der Waals surface area contributed by atoms with Gasteiger partial charge in [0, 0.05) is 38.9 Å². The summed E-state index contributed by atoms with van der Waals surface area (Å²) in [6.45, 7) is 7.72. The summed E-state index contributed by atoms with van der Waals surface area (Å²) in [7, 11) is 0. The molecule has 1 aromatic carbocycles. The van der Waals surface area contributed by atoms with Crippen molar-refractivity contribution in [2.45, 2.75) is 51.2 Å². The van der Waals surface area contributed by atoms with Crippen LogP contribution in [0.15, 0.2) is 36.9 Å². The molecule has 2 fully saturated rings. The SMILES string of the molecule is C=CC(=O)N1CCC(Oc2cccc(C3CCCN3C(=O)CC)c2)CC1. The minimum atomic E-state index is -0.00707. The van der Waals surface area contributed by atoms with Crippen LogP contribution in [-0.4, -0.2) is 47.4 Å². The Labute approximate surface area is 155 Å². The molecule has 0 spiro atoms. The van der Waals surface area contributed by atoms with E-state index in [1.165, 1.54) is 6.08 Å². The highest BCUT2D eigenvalue weighted by Crippen LogP contribution is 2.34. The highest BCUT2D eigenvalue weighted by Gasteiger charge is 2.29. The molecule has 0 aromatic heterocycles. The van der Waals surface area contributed by atoms with Crippen molar-refractivity contribution < 1.29 is 14.3 Å². The molecule has 0 radical (unpaired) electrons. The van der Waals surface area contributed by atoms with Crippen LogP contribution in [0.1, 0.15) is 50.6 Å². The molecule has 2 aliphatic heterocycles. The average Bonchev–Trinajstić information content (AvgIpc) is 3.17. The van der Waals surface area contributed by atoms with E-state index in [2.05, 4.69) is 18.7 Å². The number of likely N-dealkylation sites (tertiary alicyclic amines) is 2. The number of nitrogens with zero attached hydrogens (tertiary/aromatic N) is 2. The smallest absolute Gasteiger partial charge is 0.245 e. The summed E-state index contributed by atoms with van der Waals surface area (Å²) >= 11 is 0. The fraction of sp³-hybridized carbons (Fsp3) is 0.524. The van der Waals surface area contributed by atoms with Gasteiger partial charge in [0.25, 0.3) is 0 Å². The van der Waals surface area contributed by atoms with Gasteiger partial charge in [0.2, 0.25) is 11.8 Å². The van der Waals surface area contributed by atoms with E-state index in [1.807, 2.05) is 28.9 Å². The second kappa shape index (κ2) is 8.39. The first-order valence-corrected chi connectivity index (χ1v) is 9.59. The van der Waals surface area contributed by atoms with Gasteiger partial charge in [0.1, 0.15) is 11.9 Å². The molecular formula is C21H28N2O3. The maximum absolute atomic E-state index is 12.2. The predicted molar refractivity (Wildman–Crippen MR) is 101 cm³/mol. The zero-order valence-corrected chi connectivity index (χ0v) is 15.5. The van der Waals surface area contributed by atoms with Crippen molar-refractivity contribution in [3.63, 3.8) is 0 Å². The normalized spacial score (nSPS) is 20.9. The molecule has 2 saturated heterocycles. The summed E-state index contributed by atoms with van der Waals surface area (Å²) in [5, 5.41) is 0. The van der Waals surface area contributed by atoms with Crippen LogP contribution in [0.4, 0.5) is 0 Å². The van der Waals surface area contributed by atoms with Gasteiger partial charge in [0.15, 0.2) is 0 Å². The van der Waals surface area contributed by atoms with Gasteiger partial charge in [-0.1, -0.05) is 25.6 Å². The lowest BCUT2D eigenvalue weighted by Crippen LogP contribution is -2.41. The van der Waals surface area contributed by atoms with Crippen LogP contribution in [0, 0.1) is 0 Å². The van der Waals surface area contributed by atoms with Crippen LogP contribution < -0.4 is 4.74 Å². The molecule has 2 aliphatic rings. The van der Waals surface area contributed by atoms with E-state index in [4.69, 9.17) is 4.74 Å². The van der Waals surface area contributed by atoms with E-state index < -0.39 is 0 Å². The van der Waals surface area contributed by atoms with Crippen LogP contribution in [-0.2, 0) is 9.59 Å². The number of amides is 2. The van der Waals surface area contributed by atoms with Crippen molar-refractivity contribution in [3.05, 3.63) is 42.5 Å². The van der Waals surface area contributed by atoms with E-state index in [0.717, 1.165) is 43.5 Å². The van der Waals surface area contributed by atoms with Gasteiger partial charge in [-0.2, -0.15) is 0 Å². The topological polar surface area (TPSA) is 49.9 Å². The summed E-state index contributed by atoms with van der Waals surface area (Å²) in [5.41, 5.74) is 1.15. The predicted octanol–water partition coefficient (Wildman–Crippen LogP) is 3.32. The number of carbonyl (C=O) groups excluding carboxylic acids is 2.